The molecular formula is C15H22N2O2. The SMILES string of the molecule is CCc1cc(C(=O)O)cc(NCC2CCCC2C)n1. The number of anilines is 1. The van der Waals surface area contributed by atoms with E-state index in [2.05, 4.69) is 17.2 Å². The molecule has 4 nitrogen and oxygen atoms in total. The highest BCUT2D eigenvalue weighted by Crippen LogP contribution is 2.31. The molecule has 1 aromatic heterocycles. The minimum Gasteiger partial charge on any atom is -0.478 e. The zero-order valence-corrected chi connectivity index (χ0v) is 11.6. The number of carbonyl (C=O) groups is 1. The van der Waals surface area contributed by atoms with Gasteiger partial charge in [0.1, 0.15) is 5.82 Å². The predicted octanol–water partition coefficient (Wildman–Crippen LogP) is 3.19. The van der Waals surface area contributed by atoms with E-state index in [1.165, 1.54) is 19.3 Å². The molecule has 0 amide bonds. The second-order valence-electron chi connectivity index (χ2n) is 5.44. The summed E-state index contributed by atoms with van der Waals surface area (Å²) in [6, 6.07) is 3.27. The highest BCUT2D eigenvalue weighted by molar-refractivity contribution is 5.88. The monoisotopic (exact) mass is 262 g/mol. The van der Waals surface area contributed by atoms with Crippen LogP contribution in [0.3, 0.4) is 0 Å². The fraction of sp³-hybridized carbons (Fsp3) is 0.600. The Balaban J connectivity index is 2.06. The number of aromatic carboxylic acids is 1. The van der Waals surface area contributed by atoms with Gasteiger partial charge in [-0.05, 0) is 36.8 Å². The minimum absolute atomic E-state index is 0.314. The Morgan fingerprint density at radius 1 is 1.47 bits per heavy atom. The minimum atomic E-state index is -0.894. The molecule has 2 atom stereocenters. The van der Waals surface area contributed by atoms with Crippen LogP contribution in [0.25, 0.3) is 0 Å². The maximum Gasteiger partial charge on any atom is 0.335 e. The lowest BCUT2D eigenvalue weighted by Crippen LogP contribution is -2.17. The Morgan fingerprint density at radius 2 is 2.26 bits per heavy atom. The lowest BCUT2D eigenvalue weighted by atomic mass is 9.98. The Hall–Kier alpha value is -1.58. The largest absolute Gasteiger partial charge is 0.478 e. The van der Waals surface area contributed by atoms with Crippen molar-refractivity contribution in [1.29, 1.82) is 0 Å². The molecule has 0 aliphatic heterocycles. The van der Waals surface area contributed by atoms with Crippen molar-refractivity contribution in [2.24, 2.45) is 11.8 Å². The van der Waals surface area contributed by atoms with Gasteiger partial charge in [0, 0.05) is 12.2 Å². The number of aromatic nitrogens is 1. The third-order valence-electron chi connectivity index (χ3n) is 4.07. The van der Waals surface area contributed by atoms with E-state index in [-0.39, 0.29) is 0 Å². The zero-order valence-electron chi connectivity index (χ0n) is 11.6. The maximum absolute atomic E-state index is 11.1. The molecular weight excluding hydrogens is 240 g/mol. The van der Waals surface area contributed by atoms with E-state index in [9.17, 15) is 4.79 Å². The van der Waals surface area contributed by atoms with E-state index in [4.69, 9.17) is 5.11 Å². The number of nitrogens with one attached hydrogen (secondary N) is 1. The van der Waals surface area contributed by atoms with E-state index in [1.807, 2.05) is 6.92 Å². The molecule has 1 saturated carbocycles. The van der Waals surface area contributed by atoms with Crippen LogP contribution in [0, 0.1) is 11.8 Å². The molecule has 1 aliphatic carbocycles. The molecule has 0 radical (unpaired) electrons. The highest BCUT2D eigenvalue weighted by atomic mass is 16.4. The van der Waals surface area contributed by atoms with E-state index in [0.29, 0.717) is 17.3 Å². The van der Waals surface area contributed by atoms with E-state index >= 15 is 0 Å². The molecule has 1 aliphatic rings. The van der Waals surface area contributed by atoms with Crippen molar-refractivity contribution in [2.75, 3.05) is 11.9 Å². The summed E-state index contributed by atoms with van der Waals surface area (Å²) < 4.78 is 0. The quantitative estimate of drug-likeness (QED) is 0.855. The lowest BCUT2D eigenvalue weighted by molar-refractivity contribution is 0.0696. The molecule has 2 N–H and O–H groups in total. The summed E-state index contributed by atoms with van der Waals surface area (Å²) in [5.41, 5.74) is 1.13. The van der Waals surface area contributed by atoms with Crippen molar-refractivity contribution in [3.63, 3.8) is 0 Å². The Bertz CT molecular complexity index is 459. The smallest absolute Gasteiger partial charge is 0.335 e. The van der Waals surface area contributed by atoms with Crippen molar-refractivity contribution in [1.82, 2.24) is 4.98 Å². The average Bonchev–Trinajstić information content (AvgIpc) is 2.81. The Labute approximate surface area is 114 Å². The van der Waals surface area contributed by atoms with Crippen molar-refractivity contribution >= 4 is 11.8 Å². The summed E-state index contributed by atoms with van der Waals surface area (Å²) in [5.74, 6) is 1.23. The van der Waals surface area contributed by atoms with Crippen molar-refractivity contribution < 1.29 is 9.90 Å². The molecule has 1 fully saturated rings. The lowest BCUT2D eigenvalue weighted by Gasteiger charge is -2.16. The second-order valence-corrected chi connectivity index (χ2v) is 5.44. The van der Waals surface area contributed by atoms with Gasteiger partial charge in [0.05, 0.1) is 5.56 Å². The molecule has 19 heavy (non-hydrogen) atoms. The topological polar surface area (TPSA) is 62.2 Å². The fourth-order valence-corrected chi connectivity index (χ4v) is 2.74. The standard InChI is InChI=1S/C15H22N2O2/c1-3-13-7-12(15(18)19)8-14(17-13)16-9-11-6-4-5-10(11)2/h7-8,10-11H,3-6,9H2,1-2H3,(H,16,17)(H,18,19). The molecule has 4 heteroatoms. The van der Waals surface area contributed by atoms with Crippen LogP contribution in [-0.2, 0) is 6.42 Å². The van der Waals surface area contributed by atoms with Gasteiger partial charge in [-0.3, -0.25) is 0 Å². The van der Waals surface area contributed by atoms with E-state index in [1.54, 1.807) is 12.1 Å². The first-order valence-corrected chi connectivity index (χ1v) is 7.08. The predicted molar refractivity (Wildman–Crippen MR) is 75.6 cm³/mol. The number of rotatable bonds is 5. The van der Waals surface area contributed by atoms with Crippen LogP contribution >= 0.6 is 0 Å². The normalized spacial score (nSPS) is 22.4. The van der Waals surface area contributed by atoms with Crippen LogP contribution in [0.2, 0.25) is 0 Å². The molecule has 1 aromatic rings. The number of pyridine rings is 1. The molecule has 2 rings (SSSR count). The van der Waals surface area contributed by atoms with Crippen LogP contribution in [0.5, 0.6) is 0 Å². The first-order valence-electron chi connectivity index (χ1n) is 7.08. The second kappa shape index (κ2) is 6.04. The molecule has 0 spiro atoms. The molecule has 1 heterocycles. The number of hydrogen-bond acceptors (Lipinski definition) is 3. The Morgan fingerprint density at radius 3 is 2.84 bits per heavy atom. The maximum atomic E-state index is 11.1. The Kier molecular flexibility index (Phi) is 4.40. The van der Waals surface area contributed by atoms with E-state index in [0.717, 1.165) is 24.6 Å². The van der Waals surface area contributed by atoms with E-state index < -0.39 is 5.97 Å². The number of aryl methyl sites for hydroxylation is 1. The zero-order chi connectivity index (χ0) is 13.8. The number of nitrogens with zero attached hydrogens (tertiary/aromatic N) is 1. The highest BCUT2D eigenvalue weighted by Gasteiger charge is 2.23. The van der Waals surface area contributed by atoms with Crippen LogP contribution in [0.15, 0.2) is 12.1 Å². The molecule has 0 aromatic carbocycles. The summed E-state index contributed by atoms with van der Waals surface area (Å²) in [6.07, 6.45) is 4.61. The summed E-state index contributed by atoms with van der Waals surface area (Å²) in [6.45, 7) is 5.16. The molecule has 0 saturated heterocycles. The van der Waals surface area contributed by atoms with Gasteiger partial charge in [-0.1, -0.05) is 26.7 Å². The van der Waals surface area contributed by atoms with Crippen molar-refractivity contribution in [2.45, 2.75) is 39.5 Å². The third-order valence-corrected chi connectivity index (χ3v) is 4.07. The van der Waals surface area contributed by atoms with Gasteiger partial charge < -0.3 is 10.4 Å². The van der Waals surface area contributed by atoms with Crippen LogP contribution in [0.1, 0.15) is 49.2 Å². The summed E-state index contributed by atoms with van der Waals surface area (Å²) in [5, 5.41) is 12.4. The van der Waals surface area contributed by atoms with Gasteiger partial charge >= 0.3 is 5.97 Å². The van der Waals surface area contributed by atoms with Gasteiger partial charge in [0.2, 0.25) is 0 Å². The third kappa shape index (κ3) is 3.46. The van der Waals surface area contributed by atoms with Gasteiger partial charge in [-0.25, -0.2) is 9.78 Å². The number of carboxylic acids is 1. The summed E-state index contributed by atoms with van der Waals surface area (Å²) in [7, 11) is 0. The average molecular weight is 262 g/mol. The van der Waals surface area contributed by atoms with Gasteiger partial charge in [-0.15, -0.1) is 0 Å². The van der Waals surface area contributed by atoms with Crippen LogP contribution in [0.4, 0.5) is 5.82 Å². The molecule has 2 unspecified atom stereocenters. The van der Waals surface area contributed by atoms with Crippen molar-refractivity contribution in [3.8, 4) is 0 Å². The van der Waals surface area contributed by atoms with Gasteiger partial charge in [0.25, 0.3) is 0 Å². The van der Waals surface area contributed by atoms with Crippen LogP contribution in [-0.4, -0.2) is 22.6 Å². The first-order chi connectivity index (χ1) is 9.10. The first kappa shape index (κ1) is 13.8. The summed E-state index contributed by atoms with van der Waals surface area (Å²) >= 11 is 0. The number of hydrogen-bond donors (Lipinski definition) is 2. The van der Waals surface area contributed by atoms with Crippen LogP contribution < -0.4 is 5.32 Å². The van der Waals surface area contributed by atoms with Crippen molar-refractivity contribution in [3.05, 3.63) is 23.4 Å². The summed E-state index contributed by atoms with van der Waals surface area (Å²) in [4.78, 5) is 15.5. The van der Waals surface area contributed by atoms with Gasteiger partial charge in [0.15, 0.2) is 0 Å². The molecule has 0 bridgehead atoms. The number of carboxylic acid groups (broad SMARTS) is 1. The fourth-order valence-electron chi connectivity index (χ4n) is 2.74. The van der Waals surface area contributed by atoms with Gasteiger partial charge in [-0.2, -0.15) is 0 Å². The molecule has 104 valence electrons.